The van der Waals surface area contributed by atoms with Gasteiger partial charge in [-0.3, -0.25) is 0 Å². The monoisotopic (exact) mass is 249 g/mol. The van der Waals surface area contributed by atoms with Gasteiger partial charge >= 0.3 is 0 Å². The van der Waals surface area contributed by atoms with E-state index in [2.05, 4.69) is 18.3 Å². The lowest BCUT2D eigenvalue weighted by Crippen LogP contribution is -2.13. The van der Waals surface area contributed by atoms with E-state index >= 15 is 0 Å². The maximum absolute atomic E-state index is 5.68. The van der Waals surface area contributed by atoms with E-state index in [4.69, 9.17) is 9.47 Å². The van der Waals surface area contributed by atoms with Crippen molar-refractivity contribution in [3.05, 3.63) is 35.9 Å². The molecule has 0 aromatic heterocycles. The molecule has 1 aromatic carbocycles. The van der Waals surface area contributed by atoms with Crippen LogP contribution in [0.2, 0.25) is 0 Å². The lowest BCUT2D eigenvalue weighted by Gasteiger charge is -2.11. The van der Waals surface area contributed by atoms with Crippen molar-refractivity contribution >= 4 is 0 Å². The molecule has 0 bridgehead atoms. The van der Waals surface area contributed by atoms with Gasteiger partial charge in [-0.2, -0.15) is 0 Å². The molecule has 0 unspecified atom stereocenters. The van der Waals surface area contributed by atoms with Gasteiger partial charge in [0.25, 0.3) is 0 Å². The van der Waals surface area contributed by atoms with Crippen LogP contribution in [0.5, 0.6) is 11.5 Å². The lowest BCUT2D eigenvalue weighted by molar-refractivity contribution is 0.325. The Morgan fingerprint density at radius 3 is 2.78 bits per heavy atom. The van der Waals surface area contributed by atoms with Gasteiger partial charge in [-0.15, -0.1) is 0 Å². The van der Waals surface area contributed by atoms with Gasteiger partial charge in [0.1, 0.15) is 6.61 Å². The summed E-state index contributed by atoms with van der Waals surface area (Å²) in [5.41, 5.74) is 1.21. The zero-order valence-electron chi connectivity index (χ0n) is 11.5. The minimum absolute atomic E-state index is 0.568. The average Bonchev–Trinajstić information content (AvgIpc) is 2.40. The topological polar surface area (TPSA) is 30.5 Å². The first-order chi connectivity index (χ1) is 8.81. The van der Waals surface area contributed by atoms with E-state index < -0.39 is 0 Å². The molecule has 0 saturated carbocycles. The summed E-state index contributed by atoms with van der Waals surface area (Å²) in [5.74, 6) is 1.57. The Labute approximate surface area is 110 Å². The number of allylic oxidation sites excluding steroid dienone is 1. The minimum atomic E-state index is 0.568. The number of hydrogen-bond acceptors (Lipinski definition) is 3. The van der Waals surface area contributed by atoms with Crippen LogP contribution in [-0.4, -0.2) is 20.3 Å². The summed E-state index contributed by atoms with van der Waals surface area (Å²) in [6.07, 6.45) is 5.08. The first-order valence-electron chi connectivity index (χ1n) is 6.43. The Hall–Kier alpha value is -1.48. The Kier molecular flexibility index (Phi) is 6.96. The minimum Gasteiger partial charge on any atom is -0.493 e. The van der Waals surface area contributed by atoms with Gasteiger partial charge in [0.05, 0.1) is 7.11 Å². The van der Waals surface area contributed by atoms with Gasteiger partial charge in [0.15, 0.2) is 11.5 Å². The lowest BCUT2D eigenvalue weighted by atomic mass is 10.2. The third-order valence-electron chi connectivity index (χ3n) is 2.55. The summed E-state index contributed by atoms with van der Waals surface area (Å²) in [5, 5.41) is 3.37. The molecule has 0 aliphatic rings. The van der Waals surface area contributed by atoms with E-state index in [-0.39, 0.29) is 0 Å². The Morgan fingerprint density at radius 2 is 2.11 bits per heavy atom. The van der Waals surface area contributed by atoms with Crippen LogP contribution in [0.25, 0.3) is 0 Å². The van der Waals surface area contributed by atoms with Crippen LogP contribution < -0.4 is 14.8 Å². The van der Waals surface area contributed by atoms with Crippen LogP contribution >= 0.6 is 0 Å². The van der Waals surface area contributed by atoms with Crippen molar-refractivity contribution in [2.45, 2.75) is 26.8 Å². The van der Waals surface area contributed by atoms with Crippen LogP contribution in [0, 0.1) is 0 Å². The number of hydrogen-bond donors (Lipinski definition) is 1. The predicted octanol–water partition coefficient (Wildman–Crippen LogP) is 3.15. The van der Waals surface area contributed by atoms with Crippen LogP contribution in [0.4, 0.5) is 0 Å². The molecule has 0 fully saturated rings. The number of rotatable bonds is 8. The number of nitrogens with one attached hydrogen (secondary N) is 1. The standard InChI is InChI=1S/C15H23NO2/c1-4-6-10-18-15-11-13(12-16-9-5-2)7-8-14(15)17-3/h4,6-8,11,16H,5,9-10,12H2,1-3H3/b6-4+. The SMILES string of the molecule is C/C=C/COc1cc(CNCCC)ccc1OC. The van der Waals surface area contributed by atoms with Crippen molar-refractivity contribution in [1.29, 1.82) is 0 Å². The summed E-state index contributed by atoms with van der Waals surface area (Å²) >= 11 is 0. The van der Waals surface area contributed by atoms with Gasteiger partial charge in [0.2, 0.25) is 0 Å². The maximum atomic E-state index is 5.68. The molecule has 3 nitrogen and oxygen atoms in total. The fraction of sp³-hybridized carbons (Fsp3) is 0.467. The molecule has 3 heteroatoms. The van der Waals surface area contributed by atoms with Crippen LogP contribution in [0.15, 0.2) is 30.4 Å². The second-order valence-electron chi connectivity index (χ2n) is 4.04. The highest BCUT2D eigenvalue weighted by Gasteiger charge is 2.05. The molecule has 0 heterocycles. The third kappa shape index (κ3) is 4.80. The van der Waals surface area contributed by atoms with E-state index in [0.29, 0.717) is 6.61 Å². The Bertz CT molecular complexity index is 375. The summed E-state index contributed by atoms with van der Waals surface area (Å²) in [4.78, 5) is 0. The largest absolute Gasteiger partial charge is 0.493 e. The van der Waals surface area contributed by atoms with Crippen LogP contribution in [-0.2, 0) is 6.54 Å². The zero-order chi connectivity index (χ0) is 13.2. The fourth-order valence-electron chi connectivity index (χ4n) is 1.59. The molecule has 0 amide bonds. The third-order valence-corrected chi connectivity index (χ3v) is 2.55. The predicted molar refractivity (Wildman–Crippen MR) is 75.3 cm³/mol. The van der Waals surface area contributed by atoms with Gasteiger partial charge in [0, 0.05) is 6.54 Å². The first kappa shape index (κ1) is 14.6. The summed E-state index contributed by atoms with van der Waals surface area (Å²) in [6, 6.07) is 6.04. The molecular formula is C15H23NO2. The molecule has 1 N–H and O–H groups in total. The van der Waals surface area contributed by atoms with Gasteiger partial charge in [-0.05, 0) is 37.6 Å². The molecule has 0 radical (unpaired) electrons. The molecule has 0 saturated heterocycles. The molecule has 1 aromatic rings. The van der Waals surface area contributed by atoms with Crippen molar-refractivity contribution in [3.8, 4) is 11.5 Å². The van der Waals surface area contributed by atoms with E-state index in [1.807, 2.05) is 31.2 Å². The highest BCUT2D eigenvalue weighted by atomic mass is 16.5. The second kappa shape index (κ2) is 8.59. The second-order valence-corrected chi connectivity index (χ2v) is 4.04. The first-order valence-corrected chi connectivity index (χ1v) is 6.43. The van der Waals surface area contributed by atoms with Crippen molar-refractivity contribution in [3.63, 3.8) is 0 Å². The summed E-state index contributed by atoms with van der Waals surface area (Å²) in [7, 11) is 1.66. The van der Waals surface area contributed by atoms with Crippen molar-refractivity contribution in [1.82, 2.24) is 5.32 Å². The summed E-state index contributed by atoms with van der Waals surface area (Å²) in [6.45, 7) is 6.59. The average molecular weight is 249 g/mol. The smallest absolute Gasteiger partial charge is 0.161 e. The van der Waals surface area contributed by atoms with Crippen LogP contribution in [0.1, 0.15) is 25.8 Å². The van der Waals surface area contributed by atoms with Gasteiger partial charge in [-0.25, -0.2) is 0 Å². The molecule has 0 aliphatic heterocycles. The number of benzene rings is 1. The number of methoxy groups -OCH3 is 1. The fourth-order valence-corrected chi connectivity index (χ4v) is 1.59. The molecule has 0 spiro atoms. The quantitative estimate of drug-likeness (QED) is 0.567. The molecule has 1 rings (SSSR count). The molecule has 100 valence electrons. The van der Waals surface area contributed by atoms with Gasteiger partial charge < -0.3 is 14.8 Å². The van der Waals surface area contributed by atoms with E-state index in [1.165, 1.54) is 5.56 Å². The molecule has 0 atom stereocenters. The Morgan fingerprint density at radius 1 is 1.28 bits per heavy atom. The van der Waals surface area contributed by atoms with E-state index in [9.17, 15) is 0 Å². The number of ether oxygens (including phenoxy) is 2. The highest BCUT2D eigenvalue weighted by Crippen LogP contribution is 2.28. The van der Waals surface area contributed by atoms with Crippen molar-refractivity contribution < 1.29 is 9.47 Å². The highest BCUT2D eigenvalue weighted by molar-refractivity contribution is 5.43. The zero-order valence-corrected chi connectivity index (χ0v) is 11.5. The van der Waals surface area contributed by atoms with E-state index in [1.54, 1.807) is 7.11 Å². The van der Waals surface area contributed by atoms with Crippen LogP contribution in [0.3, 0.4) is 0 Å². The summed E-state index contributed by atoms with van der Waals surface area (Å²) < 4.78 is 11.0. The Balaban J connectivity index is 2.67. The molecular weight excluding hydrogens is 226 g/mol. The van der Waals surface area contributed by atoms with E-state index in [0.717, 1.165) is 31.0 Å². The maximum Gasteiger partial charge on any atom is 0.161 e. The van der Waals surface area contributed by atoms with Crippen molar-refractivity contribution in [2.75, 3.05) is 20.3 Å². The molecule has 18 heavy (non-hydrogen) atoms. The molecule has 0 aliphatic carbocycles. The van der Waals surface area contributed by atoms with Gasteiger partial charge in [-0.1, -0.05) is 25.1 Å². The van der Waals surface area contributed by atoms with Crippen molar-refractivity contribution in [2.24, 2.45) is 0 Å². The normalized spacial score (nSPS) is 10.8.